The fourth-order valence-corrected chi connectivity index (χ4v) is 2.22. The lowest BCUT2D eigenvalue weighted by Crippen LogP contribution is -2.12. The van der Waals surface area contributed by atoms with Gasteiger partial charge in [0.15, 0.2) is 13.1 Å². The van der Waals surface area contributed by atoms with E-state index in [-0.39, 0.29) is 6.29 Å². The maximum Gasteiger partial charge on any atom is 0.188 e. The lowest BCUT2D eigenvalue weighted by atomic mass is 10.1. The number of unbranched alkanes of at least 4 members (excludes halogenated alkanes) is 7. The van der Waals surface area contributed by atoms with E-state index in [0.717, 1.165) is 25.9 Å². The van der Waals surface area contributed by atoms with Crippen LogP contribution in [0.4, 0.5) is 0 Å². The average molecular weight is 316 g/mol. The third-order valence-electron chi connectivity index (χ3n) is 3.53. The van der Waals surface area contributed by atoms with Gasteiger partial charge in [-0.15, -0.1) is 0 Å². The number of ether oxygens (including phenoxy) is 4. The summed E-state index contributed by atoms with van der Waals surface area (Å²) in [6, 6.07) is 0. The van der Waals surface area contributed by atoms with Crippen molar-refractivity contribution in [2.24, 2.45) is 0 Å². The summed E-state index contributed by atoms with van der Waals surface area (Å²) in [4.78, 5) is 0. The molecular formula is C18H36O4. The molecule has 0 aromatic rings. The molecule has 0 radical (unpaired) electrons. The van der Waals surface area contributed by atoms with Gasteiger partial charge in [0.25, 0.3) is 0 Å². The summed E-state index contributed by atoms with van der Waals surface area (Å²) in [5.41, 5.74) is 0. The molecule has 0 bridgehead atoms. The van der Waals surface area contributed by atoms with Crippen LogP contribution in [0.3, 0.4) is 0 Å². The summed E-state index contributed by atoms with van der Waals surface area (Å²) in [6.45, 7) is 3.23. The second-order valence-corrected chi connectivity index (χ2v) is 5.52. The van der Waals surface area contributed by atoms with Crippen molar-refractivity contribution >= 4 is 0 Å². The predicted molar refractivity (Wildman–Crippen MR) is 90.7 cm³/mol. The van der Waals surface area contributed by atoms with Gasteiger partial charge < -0.3 is 18.9 Å². The van der Waals surface area contributed by atoms with Gasteiger partial charge >= 0.3 is 0 Å². The number of hydrogen-bond donors (Lipinski definition) is 0. The van der Waals surface area contributed by atoms with E-state index in [2.05, 4.69) is 13.0 Å². The van der Waals surface area contributed by atoms with Gasteiger partial charge in [0.2, 0.25) is 0 Å². The zero-order chi connectivity index (χ0) is 16.3. The molecule has 0 spiro atoms. The highest BCUT2D eigenvalue weighted by molar-refractivity contribution is 4.72. The molecule has 0 aliphatic carbocycles. The van der Waals surface area contributed by atoms with Crippen molar-refractivity contribution in [1.29, 1.82) is 0 Å². The van der Waals surface area contributed by atoms with Gasteiger partial charge in [-0.25, -0.2) is 0 Å². The average Bonchev–Trinajstić information content (AvgIpc) is 2.55. The molecule has 0 heterocycles. The van der Waals surface area contributed by atoms with Gasteiger partial charge in [-0.3, -0.25) is 0 Å². The Hall–Kier alpha value is -0.580. The van der Waals surface area contributed by atoms with Crippen molar-refractivity contribution in [3.8, 4) is 0 Å². The van der Waals surface area contributed by atoms with Crippen LogP contribution in [0, 0.1) is 0 Å². The zero-order valence-electron chi connectivity index (χ0n) is 14.9. The molecule has 0 fully saturated rings. The van der Waals surface area contributed by atoms with Crippen LogP contribution in [0.25, 0.3) is 0 Å². The third-order valence-corrected chi connectivity index (χ3v) is 3.53. The first-order valence-electron chi connectivity index (χ1n) is 8.75. The number of rotatable bonds is 17. The van der Waals surface area contributed by atoms with Gasteiger partial charge in [-0.2, -0.15) is 0 Å². The minimum Gasteiger partial charge on any atom is -0.475 e. The molecule has 0 atom stereocenters. The second kappa shape index (κ2) is 18.5. The highest BCUT2D eigenvalue weighted by Gasteiger charge is 2.03. The summed E-state index contributed by atoms with van der Waals surface area (Å²) in [6.07, 6.45) is 15.9. The van der Waals surface area contributed by atoms with E-state index in [1.807, 2.05) is 0 Å². The van der Waals surface area contributed by atoms with E-state index in [4.69, 9.17) is 18.9 Å². The quantitative estimate of drug-likeness (QED) is 0.214. The molecule has 0 amide bonds. The molecule has 0 unspecified atom stereocenters. The molecule has 0 aliphatic heterocycles. The van der Waals surface area contributed by atoms with Crippen molar-refractivity contribution in [3.05, 3.63) is 12.3 Å². The Morgan fingerprint density at radius 1 is 0.864 bits per heavy atom. The van der Waals surface area contributed by atoms with Crippen LogP contribution in [0.2, 0.25) is 0 Å². The molecule has 0 saturated heterocycles. The Morgan fingerprint density at radius 2 is 1.50 bits per heavy atom. The van der Waals surface area contributed by atoms with Crippen molar-refractivity contribution in [2.75, 3.05) is 27.6 Å². The van der Waals surface area contributed by atoms with E-state index in [0.29, 0.717) is 6.79 Å². The van der Waals surface area contributed by atoms with E-state index < -0.39 is 0 Å². The zero-order valence-corrected chi connectivity index (χ0v) is 14.9. The lowest BCUT2D eigenvalue weighted by Gasteiger charge is -2.12. The van der Waals surface area contributed by atoms with Crippen LogP contribution in [-0.2, 0) is 18.9 Å². The molecule has 0 N–H and O–H groups in total. The summed E-state index contributed by atoms with van der Waals surface area (Å²) in [5, 5.41) is 0. The van der Waals surface area contributed by atoms with Crippen molar-refractivity contribution in [2.45, 2.75) is 77.4 Å². The summed E-state index contributed by atoms with van der Waals surface area (Å²) >= 11 is 0. The number of hydrogen-bond acceptors (Lipinski definition) is 4. The van der Waals surface area contributed by atoms with E-state index in [1.54, 1.807) is 20.5 Å². The molecule has 4 nitrogen and oxygen atoms in total. The maximum absolute atomic E-state index is 5.22. The largest absolute Gasteiger partial charge is 0.475 e. The Kier molecular flexibility index (Phi) is 18.0. The lowest BCUT2D eigenvalue weighted by molar-refractivity contribution is -0.107. The molecule has 0 aliphatic rings. The standard InChI is InChI=1S/C18H36O4/c1-4-15-21-17-22-16-13-11-9-7-5-6-8-10-12-14-18(19-2)20-3/h13,16,18H,4-12,14-15,17H2,1-3H3. The van der Waals surface area contributed by atoms with Gasteiger partial charge in [-0.05, 0) is 38.2 Å². The topological polar surface area (TPSA) is 36.9 Å². The van der Waals surface area contributed by atoms with Crippen LogP contribution in [0.5, 0.6) is 0 Å². The smallest absolute Gasteiger partial charge is 0.188 e. The Labute approximate surface area is 137 Å². The maximum atomic E-state index is 5.22. The van der Waals surface area contributed by atoms with Gasteiger partial charge in [0.1, 0.15) is 0 Å². The predicted octanol–water partition coefficient (Wildman–Crippen LogP) is 5.03. The second-order valence-electron chi connectivity index (χ2n) is 5.52. The number of allylic oxidation sites excluding steroid dienone is 1. The minimum atomic E-state index is -0.0265. The molecule has 0 aromatic carbocycles. The van der Waals surface area contributed by atoms with Crippen LogP contribution >= 0.6 is 0 Å². The Balaban J connectivity index is 3.12. The van der Waals surface area contributed by atoms with E-state index >= 15 is 0 Å². The molecule has 22 heavy (non-hydrogen) atoms. The monoisotopic (exact) mass is 316 g/mol. The van der Waals surface area contributed by atoms with E-state index in [1.165, 1.54) is 44.9 Å². The summed E-state index contributed by atoms with van der Waals surface area (Å²) in [5.74, 6) is 0. The first-order valence-corrected chi connectivity index (χ1v) is 8.75. The Morgan fingerprint density at radius 3 is 2.14 bits per heavy atom. The highest BCUT2D eigenvalue weighted by Crippen LogP contribution is 2.12. The van der Waals surface area contributed by atoms with Crippen LogP contribution in [-0.4, -0.2) is 33.9 Å². The van der Waals surface area contributed by atoms with Gasteiger partial charge in [0, 0.05) is 14.2 Å². The molecular weight excluding hydrogens is 280 g/mol. The van der Waals surface area contributed by atoms with Crippen LogP contribution in [0.1, 0.15) is 71.1 Å². The number of methoxy groups -OCH3 is 2. The highest BCUT2D eigenvalue weighted by atomic mass is 16.7. The summed E-state index contributed by atoms with van der Waals surface area (Å²) in [7, 11) is 3.40. The first kappa shape index (κ1) is 21.4. The summed E-state index contributed by atoms with van der Waals surface area (Å²) < 4.78 is 20.8. The SMILES string of the molecule is CCCOCOC=CCCCCCCCCCC(OC)OC. The Bertz CT molecular complexity index is 227. The molecule has 0 aromatic heterocycles. The van der Waals surface area contributed by atoms with Crippen LogP contribution < -0.4 is 0 Å². The molecule has 0 saturated carbocycles. The fourth-order valence-electron chi connectivity index (χ4n) is 2.22. The molecule has 4 heteroatoms. The van der Waals surface area contributed by atoms with Gasteiger partial charge in [-0.1, -0.05) is 39.0 Å². The van der Waals surface area contributed by atoms with E-state index in [9.17, 15) is 0 Å². The normalized spacial score (nSPS) is 11.6. The first-order chi connectivity index (χ1) is 10.8. The molecule has 0 rings (SSSR count). The van der Waals surface area contributed by atoms with Crippen LogP contribution in [0.15, 0.2) is 12.3 Å². The van der Waals surface area contributed by atoms with Gasteiger partial charge in [0.05, 0.1) is 12.9 Å². The third kappa shape index (κ3) is 15.8. The van der Waals surface area contributed by atoms with Crippen molar-refractivity contribution in [3.63, 3.8) is 0 Å². The fraction of sp³-hybridized carbons (Fsp3) is 0.889. The minimum absolute atomic E-state index is 0.0265. The van der Waals surface area contributed by atoms with Crippen molar-refractivity contribution < 1.29 is 18.9 Å². The van der Waals surface area contributed by atoms with Crippen molar-refractivity contribution in [1.82, 2.24) is 0 Å². The molecule has 132 valence electrons.